The minimum atomic E-state index is -1.18. The molecule has 19 nitrogen and oxygen atoms in total. The molecule has 0 aromatic carbocycles. The Kier molecular flexibility index (Phi) is 22.0. The fraction of sp³-hybridized carbons (Fsp3) is 0.903. The molecule has 10 atom stereocenters. The molecule has 2 rings (SSSR count). The van der Waals surface area contributed by atoms with Gasteiger partial charge in [-0.05, 0) is 19.9 Å². The van der Waals surface area contributed by atoms with E-state index < -0.39 is 74.5 Å². The number of aliphatic hydroxyl groups excluding tert-OH is 6. The minimum absolute atomic E-state index is 0.00915. The van der Waals surface area contributed by atoms with Crippen LogP contribution in [-0.2, 0) is 42.8 Å². The molecule has 2 heterocycles. The SMILES string of the molecule is CCCC(NC(=O)CCC(NC)C(=O)NCCOCCOC1CC(O)C(O)C(CO)O1)C(=O)NCCOCCOC1CC(O)C(O)C(CO)O1. The average Bonchev–Trinajstić information content (AvgIpc) is 3.10. The molecule has 50 heavy (non-hydrogen) atoms. The molecular formula is C31H58N4O15. The van der Waals surface area contributed by atoms with Crippen LogP contribution in [0.2, 0.25) is 0 Å². The van der Waals surface area contributed by atoms with Gasteiger partial charge < -0.3 is 80.3 Å². The van der Waals surface area contributed by atoms with Crippen LogP contribution in [0.5, 0.6) is 0 Å². The van der Waals surface area contributed by atoms with Crippen molar-refractivity contribution >= 4 is 17.7 Å². The summed E-state index contributed by atoms with van der Waals surface area (Å²) in [5.74, 6) is -1.05. The third kappa shape index (κ3) is 16.1. The van der Waals surface area contributed by atoms with Crippen LogP contribution in [0.25, 0.3) is 0 Å². The van der Waals surface area contributed by atoms with Crippen molar-refractivity contribution in [1.82, 2.24) is 21.3 Å². The summed E-state index contributed by atoms with van der Waals surface area (Å²) in [5.41, 5.74) is 0. The Bertz CT molecular complexity index is 969. The van der Waals surface area contributed by atoms with Crippen molar-refractivity contribution in [3.05, 3.63) is 0 Å². The maximum absolute atomic E-state index is 12.7. The monoisotopic (exact) mass is 726 g/mol. The van der Waals surface area contributed by atoms with E-state index in [0.29, 0.717) is 12.8 Å². The van der Waals surface area contributed by atoms with E-state index in [2.05, 4.69) is 21.3 Å². The van der Waals surface area contributed by atoms with Gasteiger partial charge in [-0.1, -0.05) is 13.3 Å². The summed E-state index contributed by atoms with van der Waals surface area (Å²) in [6, 6.07) is -1.40. The normalized spacial score (nSPS) is 28.1. The van der Waals surface area contributed by atoms with Crippen molar-refractivity contribution < 1.29 is 73.4 Å². The van der Waals surface area contributed by atoms with Crippen LogP contribution in [-0.4, -0.2) is 183 Å². The van der Waals surface area contributed by atoms with Crippen LogP contribution in [0, 0.1) is 0 Å². The summed E-state index contributed by atoms with van der Waals surface area (Å²) < 4.78 is 32.6. The van der Waals surface area contributed by atoms with Gasteiger partial charge in [-0.3, -0.25) is 14.4 Å². The van der Waals surface area contributed by atoms with E-state index in [4.69, 9.17) is 28.4 Å². The highest BCUT2D eigenvalue weighted by molar-refractivity contribution is 5.88. The van der Waals surface area contributed by atoms with Gasteiger partial charge in [0.25, 0.3) is 0 Å². The van der Waals surface area contributed by atoms with Gasteiger partial charge in [0.15, 0.2) is 12.6 Å². The van der Waals surface area contributed by atoms with Crippen molar-refractivity contribution in [2.24, 2.45) is 0 Å². The van der Waals surface area contributed by atoms with Gasteiger partial charge in [-0.15, -0.1) is 0 Å². The zero-order valence-electron chi connectivity index (χ0n) is 28.9. The predicted molar refractivity (Wildman–Crippen MR) is 173 cm³/mol. The molecule has 292 valence electrons. The molecular weight excluding hydrogens is 668 g/mol. The molecule has 19 heteroatoms. The number of nitrogens with one attached hydrogen (secondary N) is 4. The van der Waals surface area contributed by atoms with E-state index in [-0.39, 0.29) is 96.1 Å². The summed E-state index contributed by atoms with van der Waals surface area (Å²) in [4.78, 5) is 38.0. The highest BCUT2D eigenvalue weighted by atomic mass is 16.7. The number of hydrogen-bond acceptors (Lipinski definition) is 16. The van der Waals surface area contributed by atoms with Crippen LogP contribution >= 0.6 is 0 Å². The second-order valence-electron chi connectivity index (χ2n) is 12.0. The lowest BCUT2D eigenvalue weighted by molar-refractivity contribution is -0.258. The number of amides is 3. The van der Waals surface area contributed by atoms with Crippen LogP contribution in [0.1, 0.15) is 45.4 Å². The smallest absolute Gasteiger partial charge is 0.242 e. The van der Waals surface area contributed by atoms with Gasteiger partial charge in [-0.25, -0.2) is 0 Å². The molecule has 2 fully saturated rings. The lowest BCUT2D eigenvalue weighted by Crippen LogP contribution is -2.50. The first-order chi connectivity index (χ1) is 24.0. The first-order valence-corrected chi connectivity index (χ1v) is 17.2. The van der Waals surface area contributed by atoms with Crippen LogP contribution in [0.15, 0.2) is 0 Å². The lowest BCUT2D eigenvalue weighted by atomic mass is 10.0. The van der Waals surface area contributed by atoms with Crippen LogP contribution in [0.3, 0.4) is 0 Å². The molecule has 0 aliphatic carbocycles. The van der Waals surface area contributed by atoms with E-state index >= 15 is 0 Å². The molecule has 0 radical (unpaired) electrons. The summed E-state index contributed by atoms with van der Waals surface area (Å²) in [6.45, 7) is 2.41. The van der Waals surface area contributed by atoms with E-state index in [1.807, 2.05) is 6.92 Å². The fourth-order valence-electron chi connectivity index (χ4n) is 5.27. The van der Waals surface area contributed by atoms with Crippen molar-refractivity contribution in [2.45, 2.75) is 107 Å². The molecule has 2 aliphatic heterocycles. The topological polar surface area (TPSA) is 276 Å². The predicted octanol–water partition coefficient (Wildman–Crippen LogP) is -4.40. The Morgan fingerprint density at radius 2 is 1.20 bits per heavy atom. The zero-order valence-corrected chi connectivity index (χ0v) is 28.9. The second-order valence-corrected chi connectivity index (χ2v) is 12.0. The second kappa shape index (κ2) is 25.0. The van der Waals surface area contributed by atoms with E-state index in [9.17, 15) is 45.0 Å². The molecule has 10 unspecified atom stereocenters. The largest absolute Gasteiger partial charge is 0.394 e. The third-order valence-electron chi connectivity index (χ3n) is 8.14. The third-order valence-corrected chi connectivity index (χ3v) is 8.14. The van der Waals surface area contributed by atoms with Crippen molar-refractivity contribution in [1.29, 1.82) is 0 Å². The number of carbonyl (C=O) groups is 3. The number of hydrogen-bond donors (Lipinski definition) is 10. The van der Waals surface area contributed by atoms with Crippen LogP contribution in [0.4, 0.5) is 0 Å². The minimum Gasteiger partial charge on any atom is -0.394 e. The molecule has 0 aromatic heterocycles. The zero-order chi connectivity index (χ0) is 36.9. The van der Waals surface area contributed by atoms with Crippen LogP contribution < -0.4 is 21.3 Å². The Morgan fingerprint density at radius 3 is 1.64 bits per heavy atom. The van der Waals surface area contributed by atoms with Gasteiger partial charge in [0.2, 0.25) is 17.7 Å². The Balaban J connectivity index is 1.56. The Morgan fingerprint density at radius 1 is 0.720 bits per heavy atom. The van der Waals surface area contributed by atoms with Gasteiger partial charge >= 0.3 is 0 Å². The van der Waals surface area contributed by atoms with E-state index in [1.54, 1.807) is 7.05 Å². The van der Waals surface area contributed by atoms with Gasteiger partial charge in [0.1, 0.15) is 30.5 Å². The first-order valence-electron chi connectivity index (χ1n) is 17.2. The first kappa shape index (κ1) is 44.1. The van der Waals surface area contributed by atoms with Gasteiger partial charge in [0, 0.05) is 32.4 Å². The van der Waals surface area contributed by atoms with E-state index in [1.165, 1.54) is 0 Å². The van der Waals surface area contributed by atoms with Crippen molar-refractivity contribution in [2.75, 3.05) is 73.0 Å². The number of aliphatic hydroxyl groups is 6. The van der Waals surface area contributed by atoms with Crippen molar-refractivity contribution in [3.63, 3.8) is 0 Å². The summed E-state index contributed by atoms with van der Waals surface area (Å²) in [5, 5.41) is 68.7. The molecule has 3 amide bonds. The van der Waals surface area contributed by atoms with E-state index in [0.717, 1.165) is 0 Å². The molecule has 2 saturated heterocycles. The standard InChI is InChI=1S/C31H58N4O15/c1-3-4-20(31(44)34-8-10-46-12-14-48-27-16-22(39)29(42)24(18-37)50-27)35-25(40)6-5-19(32-2)30(43)33-7-9-45-11-13-47-26-15-21(38)28(41)23(17-36)49-26/h19-24,26-29,32,36-39,41-42H,3-18H2,1-2H3,(H,33,43)(H,34,44)(H,35,40). The molecule has 2 aliphatic rings. The number of ether oxygens (including phenoxy) is 6. The highest BCUT2D eigenvalue weighted by Crippen LogP contribution is 2.22. The molecule has 0 saturated carbocycles. The number of rotatable bonds is 25. The quantitative estimate of drug-likeness (QED) is 0.0398. The summed E-state index contributed by atoms with van der Waals surface area (Å²) >= 11 is 0. The van der Waals surface area contributed by atoms with Gasteiger partial charge in [-0.2, -0.15) is 0 Å². The Labute approximate surface area is 292 Å². The summed E-state index contributed by atoms with van der Waals surface area (Å²) in [6.07, 6.45) is -6.54. The maximum atomic E-state index is 12.7. The Hall–Kier alpha value is -2.11. The molecule has 0 aromatic rings. The summed E-state index contributed by atoms with van der Waals surface area (Å²) in [7, 11) is 1.61. The maximum Gasteiger partial charge on any atom is 0.242 e. The number of likely N-dealkylation sites (N-methyl/N-ethyl adjacent to an activating group) is 1. The fourth-order valence-corrected chi connectivity index (χ4v) is 5.27. The molecule has 0 bridgehead atoms. The number of carbonyl (C=O) groups excluding carboxylic acids is 3. The highest BCUT2D eigenvalue weighted by Gasteiger charge is 2.37. The molecule has 10 N–H and O–H groups in total. The molecule has 0 spiro atoms. The lowest BCUT2D eigenvalue weighted by Gasteiger charge is -2.36. The van der Waals surface area contributed by atoms with Gasteiger partial charge in [0.05, 0.1) is 71.1 Å². The van der Waals surface area contributed by atoms with Crippen molar-refractivity contribution in [3.8, 4) is 0 Å². The average molecular weight is 727 g/mol.